The molecule has 0 aliphatic carbocycles. The van der Waals surface area contributed by atoms with E-state index in [1.165, 1.54) is 30.3 Å². The second kappa shape index (κ2) is 8.87. The lowest BCUT2D eigenvalue weighted by Gasteiger charge is -2.13. The molecule has 29 heavy (non-hydrogen) atoms. The highest BCUT2D eigenvalue weighted by Crippen LogP contribution is 2.24. The number of nitrogens with one attached hydrogen (secondary N) is 2. The van der Waals surface area contributed by atoms with Crippen LogP contribution < -0.4 is 10.0 Å². The van der Waals surface area contributed by atoms with Gasteiger partial charge >= 0.3 is 0 Å². The number of carbonyl (C=O) groups is 1. The van der Waals surface area contributed by atoms with Crippen LogP contribution >= 0.6 is 0 Å². The van der Waals surface area contributed by atoms with Crippen LogP contribution in [0.2, 0.25) is 0 Å². The molecular weight excluding hydrogens is 395 g/mol. The van der Waals surface area contributed by atoms with Crippen molar-refractivity contribution in [3.05, 3.63) is 72.3 Å². The van der Waals surface area contributed by atoms with Crippen molar-refractivity contribution in [2.45, 2.75) is 31.2 Å². The van der Waals surface area contributed by atoms with Gasteiger partial charge < -0.3 is 5.32 Å². The fourth-order valence-electron chi connectivity index (χ4n) is 2.77. The highest BCUT2D eigenvalue weighted by molar-refractivity contribution is 7.92. The van der Waals surface area contributed by atoms with Crippen LogP contribution in [0.25, 0.3) is 0 Å². The summed E-state index contributed by atoms with van der Waals surface area (Å²) in [7, 11) is -4.02. The van der Waals surface area contributed by atoms with Gasteiger partial charge in [0.05, 0.1) is 10.6 Å². The number of para-hydroxylation sites is 1. The molecule has 0 unspecified atom stereocenters. The minimum absolute atomic E-state index is 0.0323. The van der Waals surface area contributed by atoms with Gasteiger partial charge in [0.25, 0.3) is 10.0 Å². The van der Waals surface area contributed by atoms with E-state index in [0.29, 0.717) is 24.2 Å². The summed E-state index contributed by atoms with van der Waals surface area (Å²) in [5.41, 5.74) is 0.694. The first kappa shape index (κ1) is 20.5. The molecule has 1 amide bonds. The van der Waals surface area contributed by atoms with E-state index < -0.39 is 15.8 Å². The van der Waals surface area contributed by atoms with E-state index in [4.69, 9.17) is 0 Å². The zero-order valence-corrected chi connectivity index (χ0v) is 16.6. The van der Waals surface area contributed by atoms with Gasteiger partial charge in [-0.05, 0) is 49.2 Å². The standard InChI is InChI=1S/C20H21FN4O3S/c1-15-9-10-16(23-20(26)8-4-12-25-13-5-11-22-25)14-19(15)29(27,28)24-18-7-3-2-6-17(18)21/h2-3,5-7,9-11,13-14,24H,4,8,12H2,1H3,(H,23,26). The lowest BCUT2D eigenvalue weighted by molar-refractivity contribution is -0.116. The average molecular weight is 416 g/mol. The summed E-state index contributed by atoms with van der Waals surface area (Å²) in [4.78, 5) is 12.1. The first-order valence-electron chi connectivity index (χ1n) is 9.00. The number of nitrogens with zero attached hydrogens (tertiary/aromatic N) is 2. The van der Waals surface area contributed by atoms with Gasteiger partial charge in [-0.2, -0.15) is 5.10 Å². The van der Waals surface area contributed by atoms with Crippen molar-refractivity contribution < 1.29 is 17.6 Å². The first-order valence-corrected chi connectivity index (χ1v) is 10.5. The normalized spacial score (nSPS) is 11.2. The van der Waals surface area contributed by atoms with Crippen molar-refractivity contribution in [3.63, 3.8) is 0 Å². The molecule has 0 saturated carbocycles. The summed E-state index contributed by atoms with van der Waals surface area (Å²) in [6, 6.07) is 11.9. The smallest absolute Gasteiger partial charge is 0.262 e. The van der Waals surface area contributed by atoms with Crippen LogP contribution in [0.1, 0.15) is 18.4 Å². The molecule has 3 aromatic rings. The molecule has 0 fully saturated rings. The number of sulfonamides is 1. The Morgan fingerprint density at radius 1 is 1.17 bits per heavy atom. The van der Waals surface area contributed by atoms with E-state index in [2.05, 4.69) is 15.1 Å². The predicted molar refractivity (Wildman–Crippen MR) is 108 cm³/mol. The first-order chi connectivity index (χ1) is 13.8. The summed E-state index contributed by atoms with van der Waals surface area (Å²) in [6.07, 6.45) is 4.35. The fraction of sp³-hybridized carbons (Fsp3) is 0.200. The summed E-state index contributed by atoms with van der Waals surface area (Å²) < 4.78 is 43.2. The molecule has 0 spiro atoms. The zero-order valence-electron chi connectivity index (χ0n) is 15.8. The van der Waals surface area contributed by atoms with Gasteiger partial charge in [-0.25, -0.2) is 12.8 Å². The van der Waals surface area contributed by atoms with E-state index in [1.807, 2.05) is 12.3 Å². The number of hydrogen-bond acceptors (Lipinski definition) is 4. The Morgan fingerprint density at radius 3 is 2.69 bits per heavy atom. The lowest BCUT2D eigenvalue weighted by atomic mass is 10.2. The van der Waals surface area contributed by atoms with Gasteiger partial charge in [0.1, 0.15) is 5.82 Å². The highest BCUT2D eigenvalue weighted by atomic mass is 32.2. The van der Waals surface area contributed by atoms with E-state index in [1.54, 1.807) is 29.9 Å². The molecule has 0 aliphatic rings. The van der Waals surface area contributed by atoms with Crippen LogP contribution in [0.3, 0.4) is 0 Å². The molecule has 0 saturated heterocycles. The molecule has 9 heteroatoms. The Morgan fingerprint density at radius 2 is 1.97 bits per heavy atom. The Bertz CT molecular complexity index is 1100. The minimum atomic E-state index is -4.02. The maximum Gasteiger partial charge on any atom is 0.262 e. The van der Waals surface area contributed by atoms with Crippen molar-refractivity contribution in [2.24, 2.45) is 0 Å². The van der Waals surface area contributed by atoms with E-state index in [-0.39, 0.29) is 22.9 Å². The third kappa shape index (κ3) is 5.41. The Hall–Kier alpha value is -3.20. The number of rotatable bonds is 8. The van der Waals surface area contributed by atoms with Crippen LogP contribution in [0, 0.1) is 12.7 Å². The summed E-state index contributed by atoms with van der Waals surface area (Å²) in [6.45, 7) is 2.24. The van der Waals surface area contributed by atoms with Gasteiger partial charge in [0.2, 0.25) is 5.91 Å². The summed E-state index contributed by atoms with van der Waals surface area (Å²) in [5, 5.41) is 6.77. The quantitative estimate of drug-likeness (QED) is 0.587. The van der Waals surface area contributed by atoms with Crippen LogP contribution in [0.15, 0.2) is 65.8 Å². The van der Waals surface area contributed by atoms with Crippen molar-refractivity contribution >= 4 is 27.3 Å². The van der Waals surface area contributed by atoms with Gasteiger partial charge in [0, 0.05) is 31.0 Å². The van der Waals surface area contributed by atoms with Crippen molar-refractivity contribution in [3.8, 4) is 0 Å². The lowest BCUT2D eigenvalue weighted by Crippen LogP contribution is -2.17. The maximum absolute atomic E-state index is 13.8. The summed E-state index contributed by atoms with van der Waals surface area (Å²) >= 11 is 0. The van der Waals surface area contributed by atoms with Gasteiger partial charge in [0.15, 0.2) is 0 Å². The SMILES string of the molecule is Cc1ccc(NC(=O)CCCn2cccn2)cc1S(=O)(=O)Nc1ccccc1F. The van der Waals surface area contributed by atoms with Crippen molar-refractivity contribution in [1.82, 2.24) is 9.78 Å². The topological polar surface area (TPSA) is 93.1 Å². The van der Waals surface area contributed by atoms with Gasteiger partial charge in [-0.3, -0.25) is 14.2 Å². The number of hydrogen-bond donors (Lipinski definition) is 2. The number of amides is 1. The Balaban J connectivity index is 1.68. The molecule has 1 aromatic heterocycles. The third-order valence-corrected chi connectivity index (χ3v) is 5.74. The third-order valence-electron chi connectivity index (χ3n) is 4.23. The molecule has 1 heterocycles. The fourth-order valence-corrected chi connectivity index (χ4v) is 4.11. The number of halogens is 1. The Labute approximate surface area is 168 Å². The van der Waals surface area contributed by atoms with Gasteiger partial charge in [-0.1, -0.05) is 18.2 Å². The van der Waals surface area contributed by atoms with Crippen molar-refractivity contribution in [2.75, 3.05) is 10.0 Å². The molecule has 0 bridgehead atoms. The maximum atomic E-state index is 13.8. The molecule has 0 atom stereocenters. The van der Waals surface area contributed by atoms with Crippen LogP contribution in [0.5, 0.6) is 0 Å². The number of aromatic nitrogens is 2. The number of benzene rings is 2. The molecular formula is C20H21FN4O3S. The largest absolute Gasteiger partial charge is 0.326 e. The molecule has 3 rings (SSSR count). The molecule has 2 N–H and O–H groups in total. The highest BCUT2D eigenvalue weighted by Gasteiger charge is 2.19. The average Bonchev–Trinajstić information content (AvgIpc) is 3.18. The molecule has 2 aromatic carbocycles. The van der Waals surface area contributed by atoms with E-state index in [0.717, 1.165) is 0 Å². The molecule has 0 aliphatic heterocycles. The van der Waals surface area contributed by atoms with E-state index in [9.17, 15) is 17.6 Å². The Kier molecular flexibility index (Phi) is 6.28. The number of anilines is 2. The van der Waals surface area contributed by atoms with Gasteiger partial charge in [-0.15, -0.1) is 0 Å². The van der Waals surface area contributed by atoms with E-state index >= 15 is 0 Å². The monoisotopic (exact) mass is 416 g/mol. The number of aryl methyl sites for hydroxylation is 2. The molecule has 0 radical (unpaired) electrons. The number of carbonyl (C=O) groups excluding carboxylic acids is 1. The van der Waals surface area contributed by atoms with Crippen LogP contribution in [-0.2, 0) is 21.4 Å². The second-order valence-electron chi connectivity index (χ2n) is 6.49. The van der Waals surface area contributed by atoms with Crippen LogP contribution in [0.4, 0.5) is 15.8 Å². The molecule has 152 valence electrons. The minimum Gasteiger partial charge on any atom is -0.326 e. The van der Waals surface area contributed by atoms with Crippen molar-refractivity contribution in [1.29, 1.82) is 0 Å². The second-order valence-corrected chi connectivity index (χ2v) is 8.14. The van der Waals surface area contributed by atoms with Crippen LogP contribution in [-0.4, -0.2) is 24.1 Å². The summed E-state index contributed by atoms with van der Waals surface area (Å²) in [5.74, 6) is -0.901. The predicted octanol–water partition coefficient (Wildman–Crippen LogP) is 3.55. The molecule has 7 nitrogen and oxygen atoms in total. The zero-order chi connectivity index (χ0) is 20.9.